The second-order valence-corrected chi connectivity index (χ2v) is 10.9. The van der Waals surface area contributed by atoms with E-state index in [4.69, 9.17) is 69.6 Å². The van der Waals surface area contributed by atoms with Crippen LogP contribution in [0.15, 0.2) is 0 Å². The van der Waals surface area contributed by atoms with Gasteiger partial charge in [-0.3, -0.25) is 9.59 Å². The number of halogens is 6. The predicted octanol–water partition coefficient (Wildman–Crippen LogP) is 9.92. The van der Waals surface area contributed by atoms with Crippen molar-refractivity contribution in [2.24, 2.45) is 0 Å². The quantitative estimate of drug-likeness (QED) is 0.210. The summed E-state index contributed by atoms with van der Waals surface area (Å²) in [5.74, 6) is -0.0564. The minimum Gasteiger partial charge on any atom is -0.293 e. The molecule has 0 spiro atoms. The second-order valence-electron chi connectivity index (χ2n) is 6.13. The molecule has 0 saturated heterocycles. The van der Waals surface area contributed by atoms with Gasteiger partial charge in [-0.2, -0.15) is 0 Å². The molecule has 0 saturated carbocycles. The molecule has 0 N–H and O–H groups in total. The Bertz CT molecular complexity index is 789. The Hall–Kier alpha value is 0.480. The molecule has 0 bridgehead atoms. The molecule has 0 aliphatic carbocycles. The molecule has 0 unspecified atom stereocenters. The van der Waals surface area contributed by atoms with Crippen LogP contribution in [0.25, 0.3) is 0 Å². The van der Waals surface area contributed by atoms with E-state index in [2.05, 4.69) is 0 Å². The normalized spacial score (nSPS) is 11.2. The van der Waals surface area contributed by atoms with Gasteiger partial charge in [0.15, 0.2) is 11.6 Å². The van der Waals surface area contributed by atoms with E-state index in [9.17, 15) is 9.59 Å². The lowest BCUT2D eigenvalue weighted by Gasteiger charge is -2.02. The van der Waals surface area contributed by atoms with Gasteiger partial charge in [-0.15, -0.1) is 22.7 Å². The van der Waals surface area contributed by atoms with E-state index in [1.165, 1.54) is 0 Å². The number of unbranched alkanes of at least 4 members (excludes halogenated alkanes) is 5. The van der Waals surface area contributed by atoms with E-state index in [0.717, 1.165) is 61.2 Å². The highest BCUT2D eigenvalue weighted by Crippen LogP contribution is 2.42. The minimum atomic E-state index is -0.0282. The summed E-state index contributed by atoms with van der Waals surface area (Å²) >= 11 is 37.9. The molecule has 0 amide bonds. The maximum Gasteiger partial charge on any atom is 0.174 e. The topological polar surface area (TPSA) is 34.1 Å². The number of carbonyl (C=O) groups excluding carboxylic acids is 2. The van der Waals surface area contributed by atoms with Crippen molar-refractivity contribution < 1.29 is 9.59 Å². The zero-order valence-electron chi connectivity index (χ0n) is 14.6. The second kappa shape index (κ2) is 11.8. The highest BCUT2D eigenvalue weighted by Gasteiger charge is 2.20. The summed E-state index contributed by atoms with van der Waals surface area (Å²) in [5, 5.41) is 0.999. The van der Waals surface area contributed by atoms with Gasteiger partial charge >= 0.3 is 0 Å². The molecule has 2 aromatic rings. The van der Waals surface area contributed by atoms with E-state index < -0.39 is 0 Å². The first kappa shape index (κ1) is 24.7. The van der Waals surface area contributed by atoms with Crippen LogP contribution in [-0.4, -0.2) is 11.6 Å². The zero-order chi connectivity index (χ0) is 20.8. The average molecular weight is 541 g/mol. The molecule has 0 aromatic carbocycles. The van der Waals surface area contributed by atoms with E-state index in [0.29, 0.717) is 31.3 Å². The molecule has 0 atom stereocenters. The number of Topliss-reactive ketones (excluding diaryl/α,β-unsaturated/α-hetero) is 2. The van der Waals surface area contributed by atoms with Crippen LogP contribution in [0.4, 0.5) is 0 Å². The van der Waals surface area contributed by atoms with Crippen molar-refractivity contribution in [3.63, 3.8) is 0 Å². The number of carbonyl (C=O) groups is 2. The molecule has 28 heavy (non-hydrogen) atoms. The van der Waals surface area contributed by atoms with Crippen LogP contribution in [0.3, 0.4) is 0 Å². The Morgan fingerprint density at radius 2 is 0.857 bits per heavy atom. The zero-order valence-corrected chi connectivity index (χ0v) is 20.7. The Kier molecular flexibility index (Phi) is 10.4. The fourth-order valence-electron chi connectivity index (χ4n) is 2.59. The van der Waals surface area contributed by atoms with Gasteiger partial charge in [0.2, 0.25) is 0 Å². The predicted molar refractivity (Wildman–Crippen MR) is 124 cm³/mol. The number of hydrogen-bond acceptors (Lipinski definition) is 4. The van der Waals surface area contributed by atoms with Gasteiger partial charge in [-0.05, 0) is 12.8 Å². The van der Waals surface area contributed by atoms with Crippen LogP contribution in [-0.2, 0) is 0 Å². The summed E-state index contributed by atoms with van der Waals surface area (Å²) in [5.41, 5.74) is 0. The molecule has 0 radical (unpaired) electrons. The number of ketones is 2. The van der Waals surface area contributed by atoms with Gasteiger partial charge < -0.3 is 0 Å². The summed E-state index contributed by atoms with van der Waals surface area (Å²) < 4.78 is 0.691. The lowest BCUT2D eigenvalue weighted by atomic mass is 10.0. The Balaban J connectivity index is 1.59. The molecule has 10 heteroatoms. The third-order valence-electron chi connectivity index (χ3n) is 4.08. The van der Waals surface area contributed by atoms with Crippen molar-refractivity contribution in [1.82, 2.24) is 0 Å². The summed E-state index contributed by atoms with van der Waals surface area (Å²) in [4.78, 5) is 25.2. The van der Waals surface area contributed by atoms with Crippen molar-refractivity contribution in [2.45, 2.75) is 51.4 Å². The molecule has 2 aromatic heterocycles. The third-order valence-corrected chi connectivity index (χ3v) is 9.30. The van der Waals surface area contributed by atoms with Gasteiger partial charge in [-0.25, -0.2) is 0 Å². The van der Waals surface area contributed by atoms with Crippen LogP contribution >= 0.6 is 92.3 Å². The maximum atomic E-state index is 12.2. The van der Waals surface area contributed by atoms with Gasteiger partial charge in [0.1, 0.15) is 8.67 Å². The smallest absolute Gasteiger partial charge is 0.174 e. The van der Waals surface area contributed by atoms with Gasteiger partial charge in [0.05, 0.1) is 29.8 Å². The maximum absolute atomic E-state index is 12.2. The number of thiophene rings is 2. The highest BCUT2D eigenvalue weighted by molar-refractivity contribution is 7.20. The first-order valence-corrected chi connectivity index (χ1v) is 12.5. The Labute approximate surface area is 202 Å². The minimum absolute atomic E-state index is 0.0282. The van der Waals surface area contributed by atoms with Crippen molar-refractivity contribution in [2.75, 3.05) is 0 Å². The number of rotatable bonds is 11. The summed E-state index contributed by atoms with van der Waals surface area (Å²) in [6.07, 6.45) is 6.27. The molecule has 2 nitrogen and oxygen atoms in total. The van der Waals surface area contributed by atoms with Crippen LogP contribution in [0.5, 0.6) is 0 Å². The van der Waals surface area contributed by atoms with Crippen LogP contribution in [0.2, 0.25) is 28.8 Å². The van der Waals surface area contributed by atoms with Crippen LogP contribution < -0.4 is 0 Å². The highest BCUT2D eigenvalue weighted by atomic mass is 35.5. The standard InChI is InChI=1S/C18H16Cl6O2S2/c19-11-13(21)17(23)27-15(11)9(25)7-5-3-1-2-4-6-8-10(26)16-12(20)14(22)18(24)28-16/h1-8H2. The molecule has 0 aliphatic rings. The van der Waals surface area contributed by atoms with E-state index in [1.54, 1.807) is 0 Å². The van der Waals surface area contributed by atoms with Crippen molar-refractivity contribution in [3.05, 3.63) is 38.5 Å². The van der Waals surface area contributed by atoms with Crippen molar-refractivity contribution >= 4 is 104 Å². The van der Waals surface area contributed by atoms with E-state index >= 15 is 0 Å². The fraction of sp³-hybridized carbons (Fsp3) is 0.444. The fourth-order valence-corrected chi connectivity index (χ4v) is 6.18. The molecular weight excluding hydrogens is 525 g/mol. The molecule has 2 heterocycles. The third kappa shape index (κ3) is 6.49. The van der Waals surface area contributed by atoms with Crippen molar-refractivity contribution in [3.8, 4) is 0 Å². The Morgan fingerprint density at radius 3 is 1.14 bits per heavy atom. The Morgan fingerprint density at radius 1 is 0.536 bits per heavy atom. The monoisotopic (exact) mass is 538 g/mol. The lowest BCUT2D eigenvalue weighted by molar-refractivity contribution is 0.0973. The first-order chi connectivity index (χ1) is 13.2. The van der Waals surface area contributed by atoms with Gasteiger partial charge in [-0.1, -0.05) is 95.3 Å². The molecule has 2 rings (SSSR count). The molecule has 0 fully saturated rings. The molecular formula is C18H16Cl6O2S2. The van der Waals surface area contributed by atoms with E-state index in [1.807, 2.05) is 0 Å². The summed E-state index contributed by atoms with van der Waals surface area (Å²) in [6.45, 7) is 0. The largest absolute Gasteiger partial charge is 0.293 e. The number of hydrogen-bond donors (Lipinski definition) is 0. The molecule has 0 aliphatic heterocycles. The van der Waals surface area contributed by atoms with Crippen molar-refractivity contribution in [1.29, 1.82) is 0 Å². The SMILES string of the molecule is O=C(CCCCCCCCC(=O)c1sc(Cl)c(Cl)c1Cl)c1sc(Cl)c(Cl)c1Cl. The average Bonchev–Trinajstić information content (AvgIpc) is 3.08. The summed E-state index contributed by atoms with van der Waals surface area (Å²) in [6, 6.07) is 0. The summed E-state index contributed by atoms with van der Waals surface area (Å²) in [7, 11) is 0. The van der Waals surface area contributed by atoms with Crippen LogP contribution in [0, 0.1) is 0 Å². The van der Waals surface area contributed by atoms with Gasteiger partial charge in [0.25, 0.3) is 0 Å². The molecule has 154 valence electrons. The first-order valence-electron chi connectivity index (χ1n) is 8.57. The van der Waals surface area contributed by atoms with Gasteiger partial charge in [0, 0.05) is 12.8 Å². The van der Waals surface area contributed by atoms with Crippen LogP contribution in [0.1, 0.15) is 70.7 Å². The van der Waals surface area contributed by atoms with E-state index in [-0.39, 0.29) is 31.7 Å². The lowest BCUT2D eigenvalue weighted by Crippen LogP contribution is -1.97.